The molecular weight excluding hydrogens is 412 g/mol. The molecule has 1 saturated heterocycles. The first-order valence-electron chi connectivity index (χ1n) is 9.39. The van der Waals surface area contributed by atoms with Crippen LogP contribution in [0.4, 0.5) is 5.69 Å². The van der Waals surface area contributed by atoms with E-state index in [2.05, 4.69) is 15.5 Å². The summed E-state index contributed by atoms with van der Waals surface area (Å²) in [5.41, 5.74) is 1.68. The molecule has 3 aromatic rings. The quantitative estimate of drug-likeness (QED) is 0.653. The lowest BCUT2D eigenvalue weighted by atomic mass is 10.0. The molecule has 1 unspecified atom stereocenters. The lowest BCUT2D eigenvalue weighted by Crippen LogP contribution is -2.39. The van der Waals surface area contributed by atoms with Gasteiger partial charge in [-0.05, 0) is 55.2 Å². The zero-order valence-corrected chi connectivity index (χ0v) is 17.4. The Bertz CT molecular complexity index is 1180. The predicted molar refractivity (Wildman–Crippen MR) is 113 cm³/mol. The Kier molecular flexibility index (Phi) is 5.33. The number of nitrogens with zero attached hydrogens (tertiary/aromatic N) is 2. The van der Waals surface area contributed by atoms with Crippen LogP contribution >= 0.6 is 11.6 Å². The van der Waals surface area contributed by atoms with Gasteiger partial charge in [0.25, 0.3) is 5.91 Å². The largest absolute Gasteiger partial charge is 0.322 e. The molecule has 1 aliphatic rings. The van der Waals surface area contributed by atoms with Crippen LogP contribution in [0.25, 0.3) is 10.9 Å². The average Bonchev–Trinajstić information content (AvgIpc) is 3.16. The van der Waals surface area contributed by atoms with E-state index in [1.807, 2.05) is 13.0 Å². The van der Waals surface area contributed by atoms with E-state index in [-0.39, 0.29) is 15.5 Å². The molecule has 1 atom stereocenters. The number of H-pyrrole nitrogens is 1. The summed E-state index contributed by atoms with van der Waals surface area (Å²) in [5, 5.41) is 10.6. The molecule has 1 amide bonds. The summed E-state index contributed by atoms with van der Waals surface area (Å²) >= 11 is 6.21. The van der Waals surface area contributed by atoms with Gasteiger partial charge in [0.1, 0.15) is 4.90 Å². The molecule has 2 N–H and O–H groups in total. The van der Waals surface area contributed by atoms with Crippen LogP contribution in [0.5, 0.6) is 0 Å². The summed E-state index contributed by atoms with van der Waals surface area (Å²) in [5.74, 6) is -0.116. The van der Waals surface area contributed by atoms with E-state index in [1.54, 1.807) is 18.3 Å². The van der Waals surface area contributed by atoms with Gasteiger partial charge in [0.15, 0.2) is 0 Å². The number of amides is 1. The molecule has 1 aliphatic heterocycles. The van der Waals surface area contributed by atoms with E-state index in [0.29, 0.717) is 24.7 Å². The second kappa shape index (κ2) is 7.78. The third-order valence-corrected chi connectivity index (χ3v) is 7.48. The zero-order valence-electron chi connectivity index (χ0n) is 15.9. The summed E-state index contributed by atoms with van der Waals surface area (Å²) in [6.45, 7) is 2.95. The van der Waals surface area contributed by atoms with Crippen LogP contribution in [-0.4, -0.2) is 41.9 Å². The van der Waals surface area contributed by atoms with Crippen molar-refractivity contribution in [3.05, 3.63) is 53.2 Å². The monoisotopic (exact) mass is 432 g/mol. The van der Waals surface area contributed by atoms with Crippen molar-refractivity contribution in [3.8, 4) is 0 Å². The van der Waals surface area contributed by atoms with Crippen LogP contribution in [0.3, 0.4) is 0 Å². The van der Waals surface area contributed by atoms with Crippen LogP contribution in [0.15, 0.2) is 47.5 Å². The molecular formula is C20H21ClN4O3S. The fraction of sp³-hybridized carbons (Fsp3) is 0.300. The summed E-state index contributed by atoms with van der Waals surface area (Å²) in [6, 6.07) is 9.68. The molecule has 29 heavy (non-hydrogen) atoms. The van der Waals surface area contributed by atoms with Gasteiger partial charge < -0.3 is 5.32 Å². The van der Waals surface area contributed by atoms with Crippen molar-refractivity contribution in [2.45, 2.75) is 24.7 Å². The number of carbonyl (C=O) groups excluding carboxylic acids is 1. The van der Waals surface area contributed by atoms with Crippen LogP contribution in [0.2, 0.25) is 5.02 Å². The molecule has 2 aromatic carbocycles. The smallest absolute Gasteiger partial charge is 0.255 e. The Morgan fingerprint density at radius 1 is 1.28 bits per heavy atom. The van der Waals surface area contributed by atoms with Crippen molar-refractivity contribution in [2.75, 3.05) is 18.4 Å². The van der Waals surface area contributed by atoms with Gasteiger partial charge in [-0.2, -0.15) is 9.40 Å². The number of sulfonamides is 1. The van der Waals surface area contributed by atoms with E-state index < -0.39 is 15.9 Å². The zero-order chi connectivity index (χ0) is 20.6. The highest BCUT2D eigenvalue weighted by atomic mass is 35.5. The van der Waals surface area contributed by atoms with E-state index in [4.69, 9.17) is 11.6 Å². The van der Waals surface area contributed by atoms with Crippen molar-refractivity contribution in [1.82, 2.24) is 14.5 Å². The number of anilines is 1. The summed E-state index contributed by atoms with van der Waals surface area (Å²) in [6.07, 6.45) is 3.48. The first-order chi connectivity index (χ1) is 13.8. The summed E-state index contributed by atoms with van der Waals surface area (Å²) in [4.78, 5) is 12.7. The van der Waals surface area contributed by atoms with Gasteiger partial charge in [-0.1, -0.05) is 18.5 Å². The molecule has 1 fully saturated rings. The predicted octanol–water partition coefficient (Wildman–Crippen LogP) is 3.89. The lowest BCUT2D eigenvalue weighted by molar-refractivity contribution is 0.102. The Balaban J connectivity index is 1.61. The van der Waals surface area contributed by atoms with E-state index >= 15 is 0 Å². The normalized spacial score (nSPS) is 18.1. The summed E-state index contributed by atoms with van der Waals surface area (Å²) < 4.78 is 27.7. The molecule has 0 spiro atoms. The molecule has 0 bridgehead atoms. The van der Waals surface area contributed by atoms with Crippen molar-refractivity contribution in [2.24, 2.45) is 5.92 Å². The van der Waals surface area contributed by atoms with Crippen molar-refractivity contribution >= 4 is 44.1 Å². The average molecular weight is 433 g/mol. The van der Waals surface area contributed by atoms with Gasteiger partial charge in [-0.3, -0.25) is 9.89 Å². The van der Waals surface area contributed by atoms with Crippen LogP contribution in [0, 0.1) is 5.92 Å². The topological polar surface area (TPSA) is 95.2 Å². The highest BCUT2D eigenvalue weighted by Gasteiger charge is 2.30. The number of hydrogen-bond donors (Lipinski definition) is 2. The van der Waals surface area contributed by atoms with Gasteiger partial charge in [0.05, 0.1) is 16.7 Å². The number of aromatic nitrogens is 2. The minimum Gasteiger partial charge on any atom is -0.322 e. The van der Waals surface area contributed by atoms with Crippen LogP contribution < -0.4 is 5.32 Å². The molecule has 0 radical (unpaired) electrons. The molecule has 7 nitrogen and oxygen atoms in total. The minimum atomic E-state index is -3.77. The molecule has 1 aromatic heterocycles. The fourth-order valence-corrected chi connectivity index (χ4v) is 5.67. The SMILES string of the molecule is CC1CCCN(S(=O)(=O)c2cc(C(=O)Nc3ccc4[nH]ncc4c3)ccc2Cl)C1. The van der Waals surface area contributed by atoms with E-state index in [9.17, 15) is 13.2 Å². The van der Waals surface area contributed by atoms with Crippen LogP contribution in [0.1, 0.15) is 30.1 Å². The van der Waals surface area contributed by atoms with E-state index in [0.717, 1.165) is 23.7 Å². The second-order valence-electron chi connectivity index (χ2n) is 7.38. The maximum atomic E-state index is 13.1. The highest BCUT2D eigenvalue weighted by molar-refractivity contribution is 7.89. The van der Waals surface area contributed by atoms with Gasteiger partial charge in [0, 0.05) is 29.7 Å². The fourth-order valence-electron chi connectivity index (χ4n) is 3.57. The van der Waals surface area contributed by atoms with Crippen molar-refractivity contribution in [3.63, 3.8) is 0 Å². The lowest BCUT2D eigenvalue weighted by Gasteiger charge is -2.30. The second-order valence-corrected chi connectivity index (χ2v) is 9.70. The number of carbonyl (C=O) groups is 1. The van der Waals surface area contributed by atoms with Gasteiger partial charge in [-0.15, -0.1) is 0 Å². The number of nitrogens with one attached hydrogen (secondary N) is 2. The third-order valence-electron chi connectivity index (χ3n) is 5.13. The number of benzene rings is 2. The standard InChI is InChI=1S/C20H21ClN4O3S/c1-13-3-2-8-25(12-13)29(27,28)19-10-14(4-6-17(19)21)20(26)23-16-5-7-18-15(9-16)11-22-24-18/h4-7,9-11,13H,2-3,8,12H2,1H3,(H,22,24)(H,23,26). The number of piperidine rings is 1. The van der Waals surface area contributed by atoms with Gasteiger partial charge in [0.2, 0.25) is 10.0 Å². The maximum absolute atomic E-state index is 13.1. The first-order valence-corrected chi connectivity index (χ1v) is 11.2. The highest BCUT2D eigenvalue weighted by Crippen LogP contribution is 2.29. The van der Waals surface area contributed by atoms with E-state index in [1.165, 1.54) is 22.5 Å². The number of fused-ring (bicyclic) bond motifs is 1. The number of aromatic amines is 1. The molecule has 2 heterocycles. The summed E-state index contributed by atoms with van der Waals surface area (Å²) in [7, 11) is -3.77. The molecule has 4 rings (SSSR count). The molecule has 0 saturated carbocycles. The van der Waals surface area contributed by atoms with Crippen molar-refractivity contribution in [1.29, 1.82) is 0 Å². The van der Waals surface area contributed by atoms with Crippen LogP contribution in [-0.2, 0) is 10.0 Å². The maximum Gasteiger partial charge on any atom is 0.255 e. The number of hydrogen-bond acceptors (Lipinski definition) is 4. The van der Waals surface area contributed by atoms with Crippen molar-refractivity contribution < 1.29 is 13.2 Å². The molecule has 152 valence electrons. The number of rotatable bonds is 4. The Morgan fingerprint density at radius 3 is 2.90 bits per heavy atom. The first kappa shape index (κ1) is 19.9. The Labute approximate surface area is 174 Å². The molecule has 0 aliphatic carbocycles. The third kappa shape index (κ3) is 4.01. The van der Waals surface area contributed by atoms with Gasteiger partial charge >= 0.3 is 0 Å². The number of halogens is 1. The minimum absolute atomic E-state index is 0.0359. The Hall–Kier alpha value is -2.42. The Morgan fingerprint density at radius 2 is 2.10 bits per heavy atom. The van der Waals surface area contributed by atoms with Gasteiger partial charge in [-0.25, -0.2) is 8.42 Å². The molecule has 9 heteroatoms.